The van der Waals surface area contributed by atoms with Gasteiger partial charge < -0.3 is 20.5 Å². The molecule has 0 saturated heterocycles. The van der Waals surface area contributed by atoms with Gasteiger partial charge in [-0.05, 0) is 85.8 Å². The van der Waals surface area contributed by atoms with Crippen LogP contribution in [0.4, 0.5) is 20.2 Å². The maximum absolute atomic E-state index is 15.3. The summed E-state index contributed by atoms with van der Waals surface area (Å²) in [6, 6.07) is 10.1. The number of rotatable bonds is 13. The fourth-order valence-electron chi connectivity index (χ4n) is 5.18. The Balaban J connectivity index is 1.18. The van der Waals surface area contributed by atoms with Gasteiger partial charge in [0.1, 0.15) is 24.3 Å². The Morgan fingerprint density at radius 3 is 1.62 bits per heavy atom. The number of hydrogen-bond acceptors (Lipinski definition) is 11. The second-order valence-electron chi connectivity index (χ2n) is 11.3. The van der Waals surface area contributed by atoms with E-state index >= 15 is 8.78 Å². The van der Waals surface area contributed by atoms with E-state index in [0.717, 1.165) is 12.1 Å². The lowest BCUT2D eigenvalue weighted by Crippen LogP contribution is -2.18. The zero-order chi connectivity index (χ0) is 37.5. The zero-order valence-corrected chi connectivity index (χ0v) is 27.7. The van der Waals surface area contributed by atoms with Gasteiger partial charge in [-0.15, -0.1) is 20.4 Å². The van der Waals surface area contributed by atoms with E-state index in [2.05, 4.69) is 41.0 Å². The Hall–Kier alpha value is -7.24. The SMILES string of the molecule is CCOC(=O)c1cc(F)c(CCCc2cc(NC(=O)c3ccc(-n4ccnc4)nn3)c(C(=O)O)cc2F)cc1NC(=O)c1ccc(-n2ccnc2)nn1. The van der Waals surface area contributed by atoms with Crippen LogP contribution in [0.5, 0.6) is 0 Å². The number of aromatic nitrogens is 8. The van der Waals surface area contributed by atoms with Crippen molar-refractivity contribution in [3.05, 3.63) is 131 Å². The van der Waals surface area contributed by atoms with Gasteiger partial charge >= 0.3 is 11.9 Å². The van der Waals surface area contributed by atoms with Crippen molar-refractivity contribution < 1.29 is 37.8 Å². The molecule has 2 aromatic carbocycles. The Kier molecular flexibility index (Phi) is 10.6. The smallest absolute Gasteiger partial charge is 0.340 e. The van der Waals surface area contributed by atoms with Crippen molar-refractivity contribution in [1.29, 1.82) is 0 Å². The van der Waals surface area contributed by atoms with Crippen molar-refractivity contribution in [3.63, 3.8) is 0 Å². The van der Waals surface area contributed by atoms with Crippen molar-refractivity contribution in [2.24, 2.45) is 0 Å². The number of carboxylic acid groups (broad SMARTS) is 1. The van der Waals surface area contributed by atoms with Crippen molar-refractivity contribution in [3.8, 4) is 11.6 Å². The molecule has 2 amide bonds. The molecule has 6 aromatic rings. The molecule has 4 heterocycles. The van der Waals surface area contributed by atoms with Gasteiger partial charge in [-0.25, -0.2) is 28.3 Å². The van der Waals surface area contributed by atoms with E-state index in [1.165, 1.54) is 43.0 Å². The van der Waals surface area contributed by atoms with Crippen LogP contribution in [-0.4, -0.2) is 75.0 Å². The molecule has 0 bridgehead atoms. The average Bonchev–Trinajstić information content (AvgIpc) is 3.90. The third-order valence-electron chi connectivity index (χ3n) is 7.79. The van der Waals surface area contributed by atoms with Gasteiger partial charge in [0, 0.05) is 24.8 Å². The highest BCUT2D eigenvalue weighted by molar-refractivity contribution is 6.08. The Morgan fingerprint density at radius 1 is 0.717 bits per heavy atom. The fourth-order valence-corrected chi connectivity index (χ4v) is 5.18. The molecule has 16 nitrogen and oxygen atoms in total. The number of carbonyl (C=O) groups is 4. The normalized spacial score (nSPS) is 10.8. The quantitative estimate of drug-likeness (QED) is 0.141. The number of esters is 1. The monoisotopic (exact) mass is 722 g/mol. The second kappa shape index (κ2) is 15.8. The van der Waals surface area contributed by atoms with Gasteiger partial charge in [-0.3, -0.25) is 18.7 Å². The first-order chi connectivity index (χ1) is 25.6. The van der Waals surface area contributed by atoms with Crippen LogP contribution < -0.4 is 10.6 Å². The molecule has 0 aliphatic carbocycles. The zero-order valence-electron chi connectivity index (χ0n) is 27.7. The highest BCUT2D eigenvalue weighted by atomic mass is 19.1. The van der Waals surface area contributed by atoms with Crippen LogP contribution >= 0.6 is 0 Å². The summed E-state index contributed by atoms with van der Waals surface area (Å²) in [6.45, 7) is 1.57. The number of imidazole rings is 2. The number of halogens is 2. The number of carbonyl (C=O) groups excluding carboxylic acids is 3. The molecule has 0 fully saturated rings. The van der Waals surface area contributed by atoms with Gasteiger partial charge in [0.25, 0.3) is 11.8 Å². The third kappa shape index (κ3) is 8.22. The molecule has 0 spiro atoms. The molecule has 0 radical (unpaired) electrons. The number of aromatic carboxylic acids is 1. The number of aryl methyl sites for hydroxylation is 2. The largest absolute Gasteiger partial charge is 0.478 e. The number of benzene rings is 2. The van der Waals surface area contributed by atoms with Gasteiger partial charge in [0.05, 0.1) is 29.1 Å². The summed E-state index contributed by atoms with van der Waals surface area (Å²) in [6.07, 6.45) is 9.52. The van der Waals surface area contributed by atoms with Gasteiger partial charge in [-0.2, -0.15) is 0 Å². The van der Waals surface area contributed by atoms with Crippen LogP contribution in [0.2, 0.25) is 0 Å². The maximum atomic E-state index is 15.3. The van der Waals surface area contributed by atoms with Crippen molar-refractivity contribution in [2.45, 2.75) is 26.2 Å². The molecule has 0 saturated carbocycles. The Morgan fingerprint density at radius 2 is 1.21 bits per heavy atom. The van der Waals surface area contributed by atoms with Crippen LogP contribution in [0.3, 0.4) is 0 Å². The van der Waals surface area contributed by atoms with Gasteiger partial charge in [-0.1, -0.05) is 0 Å². The topological polar surface area (TPSA) is 209 Å². The molecule has 53 heavy (non-hydrogen) atoms. The van der Waals surface area contributed by atoms with Crippen LogP contribution in [0.1, 0.15) is 66.2 Å². The summed E-state index contributed by atoms with van der Waals surface area (Å²) in [7, 11) is 0. The maximum Gasteiger partial charge on any atom is 0.340 e. The summed E-state index contributed by atoms with van der Waals surface area (Å²) < 4.78 is 38.7. The van der Waals surface area contributed by atoms with E-state index in [0.29, 0.717) is 11.6 Å². The molecule has 0 aliphatic heterocycles. The van der Waals surface area contributed by atoms with Crippen molar-refractivity contribution in [2.75, 3.05) is 17.2 Å². The van der Waals surface area contributed by atoms with Crippen LogP contribution in [-0.2, 0) is 17.6 Å². The summed E-state index contributed by atoms with van der Waals surface area (Å²) >= 11 is 0. The van der Waals surface area contributed by atoms with E-state index in [4.69, 9.17) is 4.74 Å². The first kappa shape index (κ1) is 35.6. The molecule has 0 atom stereocenters. The number of hydrogen-bond donors (Lipinski definition) is 3. The predicted octanol–water partition coefficient (Wildman–Crippen LogP) is 4.47. The fraction of sp³-hybridized carbons (Fsp3) is 0.143. The standard InChI is InChI=1S/C35H28F2N10O6/c1-2-53-35(52)23-17-25(37)21(15-29(23)41-33(49)27-7-9-31(45-43-27)47-13-11-39-19-47)5-3-4-20-14-28(22(34(50)51)16-24(20)36)40-32(48)26-6-8-30(44-42-26)46-12-10-38-18-46/h6-19H,2-5H2,1H3,(H,40,48)(H,41,49)(H,50,51). The highest BCUT2D eigenvalue weighted by Crippen LogP contribution is 2.27. The molecule has 4 aromatic heterocycles. The first-order valence-corrected chi connectivity index (χ1v) is 15.9. The highest BCUT2D eigenvalue weighted by Gasteiger charge is 2.22. The predicted molar refractivity (Wildman–Crippen MR) is 182 cm³/mol. The van der Waals surface area contributed by atoms with Gasteiger partial charge in [0.15, 0.2) is 23.0 Å². The molecular formula is C35H28F2N10O6. The molecular weight excluding hydrogens is 694 g/mol. The third-order valence-corrected chi connectivity index (χ3v) is 7.79. The van der Waals surface area contributed by atoms with E-state index < -0.39 is 41.0 Å². The van der Waals surface area contributed by atoms with E-state index in [1.54, 1.807) is 46.9 Å². The van der Waals surface area contributed by atoms with Crippen molar-refractivity contribution >= 4 is 35.1 Å². The first-order valence-electron chi connectivity index (χ1n) is 15.9. The van der Waals surface area contributed by atoms with E-state index in [-0.39, 0.29) is 65.3 Å². The Labute approximate surface area is 298 Å². The minimum absolute atomic E-state index is 0.00256. The molecule has 6 rings (SSSR count). The lowest BCUT2D eigenvalue weighted by molar-refractivity contribution is 0.0526. The minimum Gasteiger partial charge on any atom is -0.478 e. The molecule has 0 unspecified atom stereocenters. The molecule has 18 heteroatoms. The average molecular weight is 723 g/mol. The summed E-state index contributed by atoms with van der Waals surface area (Å²) in [5, 5.41) is 30.5. The lowest BCUT2D eigenvalue weighted by atomic mass is 9.99. The summed E-state index contributed by atoms with van der Waals surface area (Å²) in [4.78, 5) is 58.6. The number of anilines is 2. The summed E-state index contributed by atoms with van der Waals surface area (Å²) in [5.74, 6) is -4.69. The number of nitrogens with one attached hydrogen (secondary N) is 2. The Bertz CT molecular complexity index is 2280. The minimum atomic E-state index is -1.48. The number of ether oxygens (including phenoxy) is 1. The molecule has 3 N–H and O–H groups in total. The number of nitrogens with zero attached hydrogens (tertiary/aromatic N) is 8. The van der Waals surface area contributed by atoms with Crippen molar-refractivity contribution in [1.82, 2.24) is 39.5 Å². The number of carboxylic acids is 1. The summed E-state index contributed by atoms with van der Waals surface area (Å²) in [5.41, 5.74) is -1.05. The number of amides is 2. The van der Waals surface area contributed by atoms with Crippen LogP contribution in [0, 0.1) is 11.6 Å². The van der Waals surface area contributed by atoms with E-state index in [1.807, 2.05) is 0 Å². The van der Waals surface area contributed by atoms with Crippen LogP contribution in [0.15, 0.2) is 86.0 Å². The van der Waals surface area contributed by atoms with E-state index in [9.17, 15) is 24.3 Å². The van der Waals surface area contributed by atoms with Gasteiger partial charge in [0.2, 0.25) is 0 Å². The lowest BCUT2D eigenvalue weighted by Gasteiger charge is -2.14. The molecule has 0 aliphatic rings. The second-order valence-corrected chi connectivity index (χ2v) is 11.3. The molecule has 268 valence electrons. The van der Waals surface area contributed by atoms with Crippen LogP contribution in [0.25, 0.3) is 11.6 Å².